The molecule has 9 nitrogen and oxygen atoms in total. The van der Waals surface area contributed by atoms with Crippen molar-refractivity contribution >= 4 is 17.6 Å². The largest absolute Gasteiger partial charge is 0.497 e. The van der Waals surface area contributed by atoms with E-state index in [1.54, 1.807) is 37.6 Å². The predicted molar refractivity (Wildman–Crippen MR) is 172 cm³/mol. The van der Waals surface area contributed by atoms with E-state index in [1.807, 2.05) is 67.6 Å². The molecule has 9 heteroatoms. The Labute approximate surface area is 258 Å². The van der Waals surface area contributed by atoms with Gasteiger partial charge in [0.25, 0.3) is 5.91 Å². The van der Waals surface area contributed by atoms with Crippen LogP contribution < -0.4 is 26.4 Å². The molecule has 0 aliphatic heterocycles. The Balaban J connectivity index is 1.17. The molecule has 0 radical (unpaired) electrons. The number of ether oxygens (including phenoxy) is 1. The molecule has 3 unspecified atom stereocenters. The Bertz CT molecular complexity index is 1490. The first-order valence-electron chi connectivity index (χ1n) is 14.7. The molecule has 1 heterocycles. The minimum atomic E-state index is -0.663. The number of hydrogen-bond acceptors (Lipinski definition) is 7. The number of rotatable bonds is 14. The number of hydrogen-bond donors (Lipinski definition) is 5. The average Bonchev–Trinajstić information content (AvgIpc) is 3.04. The molecule has 0 bridgehead atoms. The van der Waals surface area contributed by atoms with Gasteiger partial charge in [0, 0.05) is 36.5 Å². The highest BCUT2D eigenvalue weighted by atomic mass is 16.5. The molecule has 6 N–H and O–H groups in total. The number of aromatic nitrogens is 1. The molecule has 3 aromatic carbocycles. The van der Waals surface area contributed by atoms with Crippen LogP contribution in [0.4, 0.5) is 5.82 Å². The average molecular weight is 596 g/mol. The number of aliphatic hydroxyl groups is 1. The highest BCUT2D eigenvalue weighted by Crippen LogP contribution is 2.18. The number of nitrogen functional groups attached to an aromatic ring is 1. The zero-order valence-electron chi connectivity index (χ0n) is 25.4. The Morgan fingerprint density at radius 1 is 0.864 bits per heavy atom. The van der Waals surface area contributed by atoms with E-state index >= 15 is 0 Å². The highest BCUT2D eigenvalue weighted by molar-refractivity contribution is 5.94. The summed E-state index contributed by atoms with van der Waals surface area (Å²) in [5.41, 5.74) is 10.8. The zero-order chi connectivity index (χ0) is 31.5. The van der Waals surface area contributed by atoms with Gasteiger partial charge in [-0.2, -0.15) is 0 Å². The second kappa shape index (κ2) is 15.7. The molecule has 2 amide bonds. The highest BCUT2D eigenvalue weighted by Gasteiger charge is 2.13. The third-order valence-corrected chi connectivity index (χ3v) is 7.45. The third-order valence-electron chi connectivity index (χ3n) is 7.45. The normalized spacial score (nSPS) is 13.0. The number of benzene rings is 3. The van der Waals surface area contributed by atoms with Crippen LogP contribution in [0.2, 0.25) is 0 Å². The molecule has 0 saturated carbocycles. The van der Waals surface area contributed by atoms with Gasteiger partial charge >= 0.3 is 0 Å². The molecular weight excluding hydrogens is 554 g/mol. The minimum absolute atomic E-state index is 0.0749. The number of nitrogens with zero attached hydrogens (tertiary/aromatic N) is 1. The van der Waals surface area contributed by atoms with Crippen molar-refractivity contribution in [1.82, 2.24) is 20.9 Å². The van der Waals surface area contributed by atoms with Crippen molar-refractivity contribution < 1.29 is 19.4 Å². The van der Waals surface area contributed by atoms with Gasteiger partial charge in [-0.3, -0.25) is 9.59 Å². The van der Waals surface area contributed by atoms with Crippen molar-refractivity contribution in [3.8, 4) is 5.75 Å². The van der Waals surface area contributed by atoms with Crippen LogP contribution in [0, 0.1) is 0 Å². The van der Waals surface area contributed by atoms with E-state index in [9.17, 15) is 14.7 Å². The van der Waals surface area contributed by atoms with Crippen LogP contribution in [0.25, 0.3) is 0 Å². The number of nitrogens with one attached hydrogen (secondary N) is 3. The summed E-state index contributed by atoms with van der Waals surface area (Å²) >= 11 is 0. The van der Waals surface area contributed by atoms with Gasteiger partial charge in [0.05, 0.1) is 25.7 Å². The summed E-state index contributed by atoms with van der Waals surface area (Å²) in [5, 5.41) is 19.7. The van der Waals surface area contributed by atoms with E-state index in [2.05, 4.69) is 27.9 Å². The first-order chi connectivity index (χ1) is 21.2. The number of amides is 2. The lowest BCUT2D eigenvalue weighted by molar-refractivity contribution is -0.120. The van der Waals surface area contributed by atoms with Crippen molar-refractivity contribution in [3.63, 3.8) is 0 Å². The maximum atomic E-state index is 12.7. The molecule has 0 aliphatic carbocycles. The van der Waals surface area contributed by atoms with E-state index in [0.717, 1.165) is 40.0 Å². The molecule has 0 saturated heterocycles. The van der Waals surface area contributed by atoms with Crippen LogP contribution in [-0.2, 0) is 24.2 Å². The lowest BCUT2D eigenvalue weighted by atomic mass is 10.0. The third kappa shape index (κ3) is 9.65. The summed E-state index contributed by atoms with van der Waals surface area (Å²) in [7, 11) is 1.62. The van der Waals surface area contributed by atoms with Gasteiger partial charge in [-0.05, 0) is 72.9 Å². The number of nitrogens with two attached hydrogens (primary N) is 1. The van der Waals surface area contributed by atoms with Crippen molar-refractivity contribution in [2.75, 3.05) is 19.4 Å². The summed E-state index contributed by atoms with van der Waals surface area (Å²) in [6, 6.07) is 26.3. The van der Waals surface area contributed by atoms with Crippen LogP contribution in [0.1, 0.15) is 64.2 Å². The Morgan fingerprint density at radius 3 is 2.14 bits per heavy atom. The number of anilines is 1. The lowest BCUT2D eigenvalue weighted by Crippen LogP contribution is -2.32. The van der Waals surface area contributed by atoms with Crippen LogP contribution in [0.15, 0.2) is 91.1 Å². The molecule has 4 aromatic rings. The second-order valence-electron chi connectivity index (χ2n) is 11.0. The molecule has 3 atom stereocenters. The monoisotopic (exact) mass is 595 g/mol. The van der Waals surface area contributed by atoms with Gasteiger partial charge in [-0.15, -0.1) is 0 Å². The van der Waals surface area contributed by atoms with Crippen molar-refractivity contribution in [1.29, 1.82) is 0 Å². The molecule has 44 heavy (non-hydrogen) atoms. The van der Waals surface area contributed by atoms with Crippen LogP contribution in [0.3, 0.4) is 0 Å². The molecule has 0 spiro atoms. The second-order valence-corrected chi connectivity index (χ2v) is 11.0. The fraction of sp³-hybridized carbons (Fsp3) is 0.286. The van der Waals surface area contributed by atoms with E-state index in [-0.39, 0.29) is 30.3 Å². The number of carbonyl (C=O) groups is 2. The van der Waals surface area contributed by atoms with Crippen LogP contribution in [0.5, 0.6) is 5.75 Å². The van der Waals surface area contributed by atoms with Crippen LogP contribution in [-0.4, -0.2) is 41.6 Å². The van der Waals surface area contributed by atoms with Crippen molar-refractivity contribution in [3.05, 3.63) is 125 Å². The van der Waals surface area contributed by atoms with E-state index in [1.165, 1.54) is 0 Å². The summed E-state index contributed by atoms with van der Waals surface area (Å²) in [6.07, 6.45) is 1.99. The van der Waals surface area contributed by atoms with Gasteiger partial charge in [-0.25, -0.2) is 4.98 Å². The molecule has 4 rings (SSSR count). The van der Waals surface area contributed by atoms with E-state index in [0.29, 0.717) is 24.5 Å². The molecule has 230 valence electrons. The lowest BCUT2D eigenvalue weighted by Gasteiger charge is -2.17. The number of methoxy groups -OCH3 is 1. The van der Waals surface area contributed by atoms with E-state index in [4.69, 9.17) is 10.5 Å². The zero-order valence-corrected chi connectivity index (χ0v) is 25.4. The Morgan fingerprint density at radius 2 is 1.50 bits per heavy atom. The fourth-order valence-electron chi connectivity index (χ4n) is 4.74. The molecular formula is C35H41N5O4. The first kappa shape index (κ1) is 32.2. The predicted octanol–water partition coefficient (Wildman–Crippen LogP) is 4.28. The number of carbonyl (C=O) groups excluding carboxylic acids is 2. The fourth-order valence-corrected chi connectivity index (χ4v) is 4.74. The van der Waals surface area contributed by atoms with Gasteiger partial charge in [0.1, 0.15) is 11.6 Å². The minimum Gasteiger partial charge on any atom is -0.497 e. The quantitative estimate of drug-likeness (QED) is 0.147. The first-order valence-corrected chi connectivity index (χ1v) is 14.7. The maximum absolute atomic E-state index is 12.7. The molecule has 0 aliphatic rings. The van der Waals surface area contributed by atoms with Crippen molar-refractivity contribution in [2.24, 2.45) is 0 Å². The summed E-state index contributed by atoms with van der Waals surface area (Å²) in [5.74, 6) is 0.957. The van der Waals surface area contributed by atoms with Crippen molar-refractivity contribution in [2.45, 2.75) is 51.4 Å². The number of aliphatic hydroxyl groups excluding tert-OH is 1. The molecule has 1 aromatic heterocycles. The summed E-state index contributed by atoms with van der Waals surface area (Å²) in [6.45, 7) is 4.79. The smallest absolute Gasteiger partial charge is 0.251 e. The van der Waals surface area contributed by atoms with Gasteiger partial charge < -0.3 is 31.5 Å². The summed E-state index contributed by atoms with van der Waals surface area (Å²) < 4.78 is 5.19. The van der Waals surface area contributed by atoms with Gasteiger partial charge in [-0.1, -0.05) is 54.6 Å². The standard InChI is InChI=1S/C35H41N5O4/c1-23(37-22-32(41)30-14-17-33(36)38-21-30)18-25-4-6-26(7-5-25)19-34(42)39-20-27-8-10-29(11-9-27)35(43)40-24(2)28-12-15-31(44-3)16-13-28/h4-17,21,23-24,32,37,41H,18-20,22H2,1-3H3,(H2,36,38)(H,39,42)(H,40,43). The van der Waals surface area contributed by atoms with E-state index < -0.39 is 6.10 Å². The Kier molecular flexibility index (Phi) is 11.5. The molecule has 0 fully saturated rings. The van der Waals surface area contributed by atoms with Crippen LogP contribution >= 0.6 is 0 Å². The topological polar surface area (TPSA) is 139 Å². The summed E-state index contributed by atoms with van der Waals surface area (Å²) in [4.78, 5) is 29.3. The number of pyridine rings is 1. The van der Waals surface area contributed by atoms with Gasteiger partial charge in [0.15, 0.2) is 0 Å². The SMILES string of the molecule is COc1ccc(C(C)NC(=O)c2ccc(CNC(=O)Cc3ccc(CC(C)NCC(O)c4ccc(N)nc4)cc3)cc2)cc1. The maximum Gasteiger partial charge on any atom is 0.251 e. The Hall–Kier alpha value is -4.73. The van der Waals surface area contributed by atoms with Gasteiger partial charge in [0.2, 0.25) is 5.91 Å².